The number of benzene rings is 1. The van der Waals surface area contributed by atoms with Crippen molar-refractivity contribution < 1.29 is 24.2 Å². The van der Waals surface area contributed by atoms with Crippen LogP contribution < -0.4 is 9.80 Å². The smallest absolute Gasteiger partial charge is 0.310 e. The average Bonchev–Trinajstić information content (AvgIpc) is 3.52. The summed E-state index contributed by atoms with van der Waals surface area (Å²) in [6.07, 6.45) is 3.42. The number of carbonyl (C=O) groups is 3. The molecule has 0 saturated carbocycles. The van der Waals surface area contributed by atoms with E-state index in [2.05, 4.69) is 41.3 Å². The number of rotatable bonds is 13. The monoisotopic (exact) mass is 621 g/mol. The number of alkyl halides is 1. The van der Waals surface area contributed by atoms with Crippen molar-refractivity contribution in [2.75, 3.05) is 49.2 Å². The fraction of sp³-hybridized carbons (Fsp3) is 0.621. The highest BCUT2D eigenvalue weighted by molar-refractivity contribution is 9.09. The minimum Gasteiger partial charge on any atom is -0.466 e. The third kappa shape index (κ3) is 5.24. The van der Waals surface area contributed by atoms with E-state index in [0.29, 0.717) is 32.4 Å². The zero-order valence-corrected chi connectivity index (χ0v) is 25.5. The van der Waals surface area contributed by atoms with Gasteiger partial charge in [-0.1, -0.05) is 22.0 Å². The molecule has 1 aromatic carbocycles. The summed E-state index contributed by atoms with van der Waals surface area (Å²) in [4.78, 5) is 47.4. The molecule has 0 radical (unpaired) electrons. The van der Waals surface area contributed by atoms with Crippen LogP contribution >= 0.6 is 27.7 Å². The molecule has 8 nitrogen and oxygen atoms in total. The first-order valence-electron chi connectivity index (χ1n) is 14.0. The average molecular weight is 623 g/mol. The number of hydrogen-bond donors (Lipinski definition) is 1. The molecule has 3 heterocycles. The van der Waals surface area contributed by atoms with Gasteiger partial charge in [-0.15, -0.1) is 18.3 Å². The van der Waals surface area contributed by atoms with Gasteiger partial charge in [0.25, 0.3) is 5.91 Å². The number of likely N-dealkylation sites (tertiary alicyclic amines) is 1. The molecule has 214 valence electrons. The van der Waals surface area contributed by atoms with E-state index in [4.69, 9.17) is 4.74 Å². The highest BCUT2D eigenvalue weighted by atomic mass is 79.9. The zero-order chi connectivity index (χ0) is 28.3. The van der Waals surface area contributed by atoms with Crippen LogP contribution in [0, 0.1) is 11.8 Å². The molecule has 10 heteroatoms. The second-order valence-corrected chi connectivity index (χ2v) is 13.0. The number of fused-ring (bicyclic) bond motifs is 1. The maximum atomic E-state index is 14.6. The predicted molar refractivity (Wildman–Crippen MR) is 159 cm³/mol. The lowest BCUT2D eigenvalue weighted by Gasteiger charge is -2.38. The number of amides is 2. The lowest BCUT2D eigenvalue weighted by molar-refractivity contribution is -0.153. The second kappa shape index (κ2) is 12.6. The first kappa shape index (κ1) is 29.9. The third-order valence-corrected chi connectivity index (χ3v) is 11.5. The normalized spacial score (nSPS) is 28.9. The van der Waals surface area contributed by atoms with Gasteiger partial charge in [0, 0.05) is 54.2 Å². The summed E-state index contributed by atoms with van der Waals surface area (Å²) < 4.78 is 4.69. The number of nitrogens with zero attached hydrogens (tertiary/aromatic N) is 3. The van der Waals surface area contributed by atoms with Gasteiger partial charge in [-0.05, 0) is 64.3 Å². The van der Waals surface area contributed by atoms with Crippen molar-refractivity contribution in [3.63, 3.8) is 0 Å². The molecular formula is C29H40BrN3O5S. The molecule has 3 saturated heterocycles. The minimum atomic E-state index is -0.732. The molecule has 1 N–H and O–H groups in total. The minimum absolute atomic E-state index is 0.00476. The summed E-state index contributed by atoms with van der Waals surface area (Å²) in [6.45, 7) is 12.6. The topological polar surface area (TPSA) is 90.4 Å². The molecule has 3 aliphatic rings. The number of aliphatic hydroxyl groups is 1. The molecule has 6 atom stereocenters. The van der Waals surface area contributed by atoms with Gasteiger partial charge in [0.2, 0.25) is 5.91 Å². The molecule has 2 bridgehead atoms. The van der Waals surface area contributed by atoms with E-state index in [1.165, 1.54) is 0 Å². The Morgan fingerprint density at radius 3 is 2.46 bits per heavy atom. The van der Waals surface area contributed by atoms with Gasteiger partial charge in [-0.3, -0.25) is 14.4 Å². The Bertz CT molecular complexity index is 1070. The quantitative estimate of drug-likeness (QED) is 0.155. The Balaban J connectivity index is 1.73. The molecule has 2 amide bonds. The summed E-state index contributed by atoms with van der Waals surface area (Å²) >= 11 is 5.38. The summed E-state index contributed by atoms with van der Waals surface area (Å²) in [5.41, 5.74) is 1.83. The number of thioether (sulfide) groups is 1. The Labute approximate surface area is 244 Å². The first-order valence-corrected chi connectivity index (χ1v) is 15.8. The maximum Gasteiger partial charge on any atom is 0.310 e. The number of anilines is 2. The number of hydrogen-bond acceptors (Lipinski definition) is 7. The van der Waals surface area contributed by atoms with E-state index in [0.717, 1.165) is 24.5 Å². The van der Waals surface area contributed by atoms with Crippen molar-refractivity contribution in [1.29, 1.82) is 0 Å². The number of halogens is 1. The van der Waals surface area contributed by atoms with Crippen LogP contribution in [-0.2, 0) is 19.1 Å². The predicted octanol–water partition coefficient (Wildman–Crippen LogP) is 3.85. The van der Waals surface area contributed by atoms with Gasteiger partial charge in [-0.25, -0.2) is 0 Å². The molecule has 3 fully saturated rings. The van der Waals surface area contributed by atoms with Crippen LogP contribution in [0.5, 0.6) is 0 Å². The van der Waals surface area contributed by atoms with Crippen molar-refractivity contribution >= 4 is 56.9 Å². The summed E-state index contributed by atoms with van der Waals surface area (Å²) in [5.74, 6) is -1.89. The SMILES string of the molecule is C=CCN(C(=O)C1N(CCCCO)C(=O)[C@@H]2[C@@H](C(=O)OCC)[C@@H]3SC12CC3Br)c1ccc(N(CC)CC)cc1. The highest BCUT2D eigenvalue weighted by Gasteiger charge is 2.76. The molecular weight excluding hydrogens is 582 g/mol. The molecule has 1 spiro atoms. The molecule has 0 aromatic heterocycles. The lowest BCUT2D eigenvalue weighted by Crippen LogP contribution is -2.55. The Morgan fingerprint density at radius 2 is 1.87 bits per heavy atom. The van der Waals surface area contributed by atoms with Crippen molar-refractivity contribution in [1.82, 2.24) is 4.90 Å². The van der Waals surface area contributed by atoms with Crippen LogP contribution in [0.3, 0.4) is 0 Å². The molecule has 1 aromatic rings. The number of esters is 1. The van der Waals surface area contributed by atoms with Crippen LogP contribution in [0.15, 0.2) is 36.9 Å². The van der Waals surface area contributed by atoms with E-state index in [9.17, 15) is 19.5 Å². The van der Waals surface area contributed by atoms with E-state index >= 15 is 0 Å². The van der Waals surface area contributed by atoms with Gasteiger partial charge in [-0.2, -0.15) is 0 Å². The number of ether oxygens (including phenoxy) is 1. The highest BCUT2D eigenvalue weighted by Crippen LogP contribution is 2.68. The van der Waals surface area contributed by atoms with Crippen molar-refractivity contribution in [2.24, 2.45) is 11.8 Å². The molecule has 39 heavy (non-hydrogen) atoms. The van der Waals surface area contributed by atoms with Crippen LogP contribution in [0.4, 0.5) is 11.4 Å². The van der Waals surface area contributed by atoms with Crippen molar-refractivity contribution in [3.05, 3.63) is 36.9 Å². The zero-order valence-electron chi connectivity index (χ0n) is 23.1. The van der Waals surface area contributed by atoms with Gasteiger partial charge in [0.1, 0.15) is 6.04 Å². The number of unbranched alkanes of at least 4 members (excludes halogenated alkanes) is 1. The van der Waals surface area contributed by atoms with Crippen LogP contribution in [-0.4, -0.2) is 88.0 Å². The molecule has 3 aliphatic heterocycles. The van der Waals surface area contributed by atoms with Crippen LogP contribution in [0.25, 0.3) is 0 Å². The number of carbonyl (C=O) groups excluding carboxylic acids is 3. The maximum absolute atomic E-state index is 14.6. The Hall–Kier alpha value is -2.04. The standard InChI is InChI=1S/C29H40BrN3O5S/c1-5-15-32(20-13-11-19(12-14-20)31(6-2)7-3)27(36)25-29-18-21(30)24(39-29)22(28(37)38-8-4)23(29)26(35)33(25)16-9-10-17-34/h5,11-14,21-25,34H,1,6-10,15-18H2,2-4H3/t21?,22-,23+,24-,25?,29?/m1/s1. The van der Waals surface area contributed by atoms with E-state index < -0.39 is 22.6 Å². The fourth-order valence-electron chi connectivity index (χ4n) is 6.58. The van der Waals surface area contributed by atoms with E-state index in [1.54, 1.807) is 34.6 Å². The summed E-state index contributed by atoms with van der Waals surface area (Å²) in [7, 11) is 0. The Kier molecular flexibility index (Phi) is 9.70. The van der Waals surface area contributed by atoms with Crippen molar-refractivity contribution in [2.45, 2.75) is 60.9 Å². The lowest BCUT2D eigenvalue weighted by atomic mass is 9.71. The van der Waals surface area contributed by atoms with E-state index in [1.807, 2.05) is 24.3 Å². The van der Waals surface area contributed by atoms with Gasteiger partial charge in [0.15, 0.2) is 0 Å². The van der Waals surface area contributed by atoms with Gasteiger partial charge < -0.3 is 24.5 Å². The second-order valence-electron chi connectivity index (χ2n) is 10.3. The molecule has 0 aliphatic carbocycles. The summed E-state index contributed by atoms with van der Waals surface area (Å²) in [6, 6.07) is 7.21. The Morgan fingerprint density at radius 1 is 1.21 bits per heavy atom. The van der Waals surface area contributed by atoms with Crippen LogP contribution in [0.2, 0.25) is 0 Å². The van der Waals surface area contributed by atoms with E-state index in [-0.39, 0.29) is 41.1 Å². The van der Waals surface area contributed by atoms with Gasteiger partial charge >= 0.3 is 5.97 Å². The fourth-order valence-corrected chi connectivity index (χ4v) is 10.2. The molecule has 3 unspecified atom stereocenters. The summed E-state index contributed by atoms with van der Waals surface area (Å²) in [5, 5.41) is 9.26. The first-order chi connectivity index (χ1) is 18.8. The molecule has 4 rings (SSSR count). The third-order valence-electron chi connectivity index (χ3n) is 8.26. The van der Waals surface area contributed by atoms with Gasteiger partial charge in [0.05, 0.1) is 23.2 Å². The van der Waals surface area contributed by atoms with Crippen molar-refractivity contribution in [3.8, 4) is 0 Å². The largest absolute Gasteiger partial charge is 0.466 e. The van der Waals surface area contributed by atoms with Crippen LogP contribution in [0.1, 0.15) is 40.0 Å². The number of aliphatic hydroxyl groups excluding tert-OH is 1.